The predicted octanol–water partition coefficient (Wildman–Crippen LogP) is 3.75. The lowest BCUT2D eigenvalue weighted by molar-refractivity contribution is 0.279. The normalized spacial score (nSPS) is 22.5. The van der Waals surface area contributed by atoms with Gasteiger partial charge in [-0.1, -0.05) is 40.0 Å². The first-order chi connectivity index (χ1) is 11.1. The molecule has 24 heavy (non-hydrogen) atoms. The fourth-order valence-electron chi connectivity index (χ4n) is 4.12. The molecule has 0 unspecified atom stereocenters. The van der Waals surface area contributed by atoms with Crippen LogP contribution in [-0.4, -0.2) is 16.9 Å². The molecule has 2 N–H and O–H groups in total. The second-order valence-corrected chi connectivity index (χ2v) is 8.88. The Hall–Kier alpha value is -2.01. The summed E-state index contributed by atoms with van der Waals surface area (Å²) in [7, 11) is 0. The summed E-state index contributed by atoms with van der Waals surface area (Å²) in [4.78, 5) is 5.05. The minimum Gasteiger partial charge on any atom is -0.362 e. The van der Waals surface area contributed by atoms with E-state index in [4.69, 9.17) is 4.99 Å². The number of nitriles is 2. The second kappa shape index (κ2) is 6.48. The number of aliphatic imine (C=N–C) groups is 1. The monoisotopic (exact) mass is 327 g/mol. The van der Waals surface area contributed by atoms with Crippen LogP contribution < -0.4 is 10.6 Å². The van der Waals surface area contributed by atoms with E-state index >= 15 is 0 Å². The molecule has 1 aliphatic carbocycles. The first-order valence-electron chi connectivity index (χ1n) is 8.81. The molecule has 0 aromatic rings. The van der Waals surface area contributed by atoms with Crippen LogP contribution in [0, 0.1) is 28.1 Å². The summed E-state index contributed by atoms with van der Waals surface area (Å²) in [5.41, 5.74) is 0.211. The highest BCUT2D eigenvalue weighted by Crippen LogP contribution is 2.35. The van der Waals surface area contributed by atoms with Crippen LogP contribution >= 0.6 is 0 Å². The lowest BCUT2D eigenvalue weighted by atomic mass is 9.78. The molecular formula is C19H29N5. The summed E-state index contributed by atoms with van der Waals surface area (Å²) < 4.78 is 0. The highest BCUT2D eigenvalue weighted by molar-refractivity contribution is 5.95. The van der Waals surface area contributed by atoms with Gasteiger partial charge in [0.1, 0.15) is 23.7 Å². The number of nitrogens with one attached hydrogen (secondary N) is 2. The van der Waals surface area contributed by atoms with Crippen molar-refractivity contribution in [2.24, 2.45) is 10.4 Å². The molecule has 5 nitrogen and oxygen atoms in total. The third kappa shape index (κ3) is 4.09. The Balaban J connectivity index is 2.45. The third-order valence-corrected chi connectivity index (χ3v) is 4.62. The Bertz CT molecular complexity index is 628. The van der Waals surface area contributed by atoms with Gasteiger partial charge in [-0.2, -0.15) is 10.5 Å². The summed E-state index contributed by atoms with van der Waals surface area (Å²) in [5, 5.41) is 25.3. The molecule has 0 atom stereocenters. The van der Waals surface area contributed by atoms with Gasteiger partial charge in [0.05, 0.1) is 11.1 Å². The first kappa shape index (κ1) is 18.3. The highest BCUT2D eigenvalue weighted by Gasteiger charge is 2.43. The summed E-state index contributed by atoms with van der Waals surface area (Å²) in [6.45, 7) is 10.9. The summed E-state index contributed by atoms with van der Waals surface area (Å²) in [5.74, 6) is 0.826. The second-order valence-electron chi connectivity index (χ2n) is 8.88. The van der Waals surface area contributed by atoms with Gasteiger partial charge in [-0.25, -0.2) is 0 Å². The summed E-state index contributed by atoms with van der Waals surface area (Å²) >= 11 is 0. The summed E-state index contributed by atoms with van der Waals surface area (Å²) in [6.07, 6.45) is 6.24. The lowest BCUT2D eigenvalue weighted by Gasteiger charge is -2.44. The van der Waals surface area contributed by atoms with Crippen LogP contribution in [-0.2, 0) is 0 Å². The molecule has 1 aliphatic heterocycles. The molecule has 130 valence electrons. The van der Waals surface area contributed by atoms with Crippen LogP contribution in [0.2, 0.25) is 0 Å². The zero-order valence-corrected chi connectivity index (χ0v) is 15.6. The Kier molecular flexibility index (Phi) is 4.95. The van der Waals surface area contributed by atoms with Gasteiger partial charge < -0.3 is 10.6 Å². The number of rotatable bonds is 2. The van der Waals surface area contributed by atoms with Gasteiger partial charge in [0.25, 0.3) is 0 Å². The minimum atomic E-state index is -0.335. The smallest absolute Gasteiger partial charge is 0.153 e. The molecule has 1 heterocycles. The zero-order chi connectivity index (χ0) is 18.0. The number of hydrogen-bond acceptors (Lipinski definition) is 4. The Morgan fingerprint density at radius 1 is 1.00 bits per heavy atom. The molecule has 1 spiro atoms. The van der Waals surface area contributed by atoms with Gasteiger partial charge in [-0.05, 0) is 38.5 Å². The van der Waals surface area contributed by atoms with Crippen molar-refractivity contribution in [3.63, 3.8) is 0 Å². The molecule has 1 fully saturated rings. The van der Waals surface area contributed by atoms with E-state index in [0.717, 1.165) is 37.9 Å². The van der Waals surface area contributed by atoms with E-state index in [9.17, 15) is 10.5 Å². The standard InChI is InChI=1S/C19H29N5/c1-17(2,3)13-18(4,5)24-16-19(9-7-6-8-10-19)23-15(12-21)14(11-20)22-16/h23H,6-10,13H2,1-5H3,(H,22,24). The molecule has 2 rings (SSSR count). The van der Waals surface area contributed by atoms with Gasteiger partial charge in [-0.3, -0.25) is 4.99 Å². The van der Waals surface area contributed by atoms with E-state index in [0.29, 0.717) is 5.70 Å². The molecule has 0 aromatic carbocycles. The van der Waals surface area contributed by atoms with Crippen LogP contribution in [0.4, 0.5) is 0 Å². The Morgan fingerprint density at radius 3 is 2.08 bits per heavy atom. The quantitative estimate of drug-likeness (QED) is 0.809. The molecule has 0 amide bonds. The minimum absolute atomic E-state index is 0.168. The zero-order valence-electron chi connectivity index (χ0n) is 15.6. The number of hydrogen-bond donors (Lipinski definition) is 2. The maximum Gasteiger partial charge on any atom is 0.153 e. The number of amidine groups is 1. The molecular weight excluding hydrogens is 298 g/mol. The predicted molar refractivity (Wildman–Crippen MR) is 95.9 cm³/mol. The molecule has 5 heteroatoms. The van der Waals surface area contributed by atoms with Gasteiger partial charge in [0.15, 0.2) is 5.70 Å². The van der Waals surface area contributed by atoms with Crippen molar-refractivity contribution in [2.75, 3.05) is 0 Å². The average molecular weight is 327 g/mol. The average Bonchev–Trinajstić information content (AvgIpc) is 2.47. The highest BCUT2D eigenvalue weighted by atomic mass is 15.2. The molecule has 0 bridgehead atoms. The van der Waals surface area contributed by atoms with E-state index in [1.54, 1.807) is 0 Å². The van der Waals surface area contributed by atoms with Crippen LogP contribution in [0.3, 0.4) is 0 Å². The number of allylic oxidation sites excluding steroid dienone is 2. The van der Waals surface area contributed by atoms with E-state index in [-0.39, 0.29) is 22.2 Å². The van der Waals surface area contributed by atoms with Gasteiger partial charge in [-0.15, -0.1) is 0 Å². The van der Waals surface area contributed by atoms with Crippen molar-refractivity contribution in [3.8, 4) is 12.1 Å². The van der Waals surface area contributed by atoms with Gasteiger partial charge >= 0.3 is 0 Å². The summed E-state index contributed by atoms with van der Waals surface area (Å²) in [6, 6.07) is 4.22. The van der Waals surface area contributed by atoms with Crippen molar-refractivity contribution in [1.29, 1.82) is 10.5 Å². The van der Waals surface area contributed by atoms with Crippen molar-refractivity contribution < 1.29 is 0 Å². The molecule has 0 saturated heterocycles. The fourth-order valence-corrected chi connectivity index (χ4v) is 4.12. The van der Waals surface area contributed by atoms with Crippen molar-refractivity contribution >= 4 is 5.84 Å². The molecule has 0 aromatic heterocycles. The largest absolute Gasteiger partial charge is 0.362 e. The third-order valence-electron chi connectivity index (χ3n) is 4.62. The van der Waals surface area contributed by atoms with Gasteiger partial charge in [0.2, 0.25) is 0 Å². The topological polar surface area (TPSA) is 84.0 Å². The van der Waals surface area contributed by atoms with Crippen molar-refractivity contribution in [2.45, 2.75) is 84.2 Å². The lowest BCUT2D eigenvalue weighted by Crippen LogP contribution is -2.61. The first-order valence-corrected chi connectivity index (χ1v) is 8.81. The van der Waals surface area contributed by atoms with Gasteiger partial charge in [0, 0.05) is 0 Å². The van der Waals surface area contributed by atoms with E-state index in [2.05, 4.69) is 57.4 Å². The molecule has 1 saturated carbocycles. The SMILES string of the molecule is CC(C)(C)CC(C)(C)N=C1NC(C#N)=C(C#N)NC12CCCCC2. The van der Waals surface area contributed by atoms with E-state index < -0.39 is 0 Å². The fraction of sp³-hybridized carbons (Fsp3) is 0.737. The van der Waals surface area contributed by atoms with Crippen molar-refractivity contribution in [1.82, 2.24) is 10.6 Å². The van der Waals surface area contributed by atoms with E-state index in [1.165, 1.54) is 6.42 Å². The Morgan fingerprint density at radius 2 is 1.58 bits per heavy atom. The van der Waals surface area contributed by atoms with Crippen LogP contribution in [0.15, 0.2) is 16.4 Å². The Labute approximate surface area is 145 Å². The van der Waals surface area contributed by atoms with Crippen LogP contribution in [0.1, 0.15) is 73.1 Å². The van der Waals surface area contributed by atoms with E-state index in [1.807, 2.05) is 0 Å². The number of nitrogens with zero attached hydrogens (tertiary/aromatic N) is 3. The maximum absolute atomic E-state index is 9.38. The molecule has 0 radical (unpaired) electrons. The van der Waals surface area contributed by atoms with Crippen LogP contribution in [0.25, 0.3) is 0 Å². The molecule has 2 aliphatic rings. The maximum atomic E-state index is 9.38. The van der Waals surface area contributed by atoms with Crippen LogP contribution in [0.5, 0.6) is 0 Å². The van der Waals surface area contributed by atoms with Crippen molar-refractivity contribution in [3.05, 3.63) is 11.4 Å².